The van der Waals surface area contributed by atoms with Gasteiger partial charge in [-0.25, -0.2) is 0 Å². The summed E-state index contributed by atoms with van der Waals surface area (Å²) in [6.45, 7) is 3.20. The van der Waals surface area contributed by atoms with Crippen molar-refractivity contribution in [1.29, 1.82) is 0 Å². The van der Waals surface area contributed by atoms with Gasteiger partial charge in [-0.15, -0.1) is 0 Å². The van der Waals surface area contributed by atoms with Gasteiger partial charge in [-0.2, -0.15) is 0 Å². The first-order valence-electron chi connectivity index (χ1n) is 6.98. The molecule has 20 heavy (non-hydrogen) atoms. The number of piperidine rings is 1. The zero-order chi connectivity index (χ0) is 14.5. The number of benzene rings is 1. The molecule has 1 aliphatic heterocycles. The summed E-state index contributed by atoms with van der Waals surface area (Å²) < 4.78 is 11.8. The molecular weight excluding hydrogens is 320 g/mol. The minimum Gasteiger partial charge on any atom is -0.493 e. The van der Waals surface area contributed by atoms with E-state index in [0.29, 0.717) is 6.04 Å². The first kappa shape index (κ1) is 15.6. The van der Waals surface area contributed by atoms with Crippen LogP contribution in [0.15, 0.2) is 16.6 Å². The Morgan fingerprint density at radius 2 is 1.80 bits per heavy atom. The molecule has 1 aromatic carbocycles. The van der Waals surface area contributed by atoms with Crippen LogP contribution in [0.3, 0.4) is 0 Å². The maximum atomic E-state index is 5.38. The van der Waals surface area contributed by atoms with Crippen LogP contribution in [0, 0.1) is 0 Å². The van der Waals surface area contributed by atoms with Gasteiger partial charge in [-0.05, 0) is 50.7 Å². The lowest BCUT2D eigenvalue weighted by atomic mass is 10.0. The number of ether oxygens (including phenoxy) is 2. The predicted octanol–water partition coefficient (Wildman–Crippen LogP) is 2.65. The van der Waals surface area contributed by atoms with Gasteiger partial charge in [0.15, 0.2) is 11.5 Å². The molecule has 1 N–H and O–H groups in total. The molecule has 0 radical (unpaired) electrons. The summed E-state index contributed by atoms with van der Waals surface area (Å²) in [5, 5.41) is 3.36. The average molecular weight is 343 g/mol. The number of likely N-dealkylation sites (tertiary alicyclic amines) is 1. The van der Waals surface area contributed by atoms with Gasteiger partial charge in [-0.1, -0.05) is 15.9 Å². The van der Waals surface area contributed by atoms with Gasteiger partial charge in [0.1, 0.15) is 0 Å². The molecule has 0 saturated carbocycles. The van der Waals surface area contributed by atoms with Crippen LogP contribution < -0.4 is 14.8 Å². The first-order valence-corrected chi connectivity index (χ1v) is 7.77. The quantitative estimate of drug-likeness (QED) is 0.891. The van der Waals surface area contributed by atoms with Crippen molar-refractivity contribution in [1.82, 2.24) is 10.2 Å². The fraction of sp³-hybridized carbons (Fsp3) is 0.600. The molecule has 5 heteroatoms. The molecule has 1 fully saturated rings. The topological polar surface area (TPSA) is 33.7 Å². The van der Waals surface area contributed by atoms with E-state index in [1.807, 2.05) is 13.1 Å². The van der Waals surface area contributed by atoms with Gasteiger partial charge >= 0.3 is 0 Å². The molecular formula is C15H23BrN2O2. The van der Waals surface area contributed by atoms with Crippen molar-refractivity contribution in [2.45, 2.75) is 25.4 Å². The van der Waals surface area contributed by atoms with E-state index in [1.165, 1.54) is 18.4 Å². The number of hydrogen-bond donors (Lipinski definition) is 1. The largest absolute Gasteiger partial charge is 0.493 e. The molecule has 0 spiro atoms. The number of methoxy groups -OCH3 is 2. The number of nitrogens with one attached hydrogen (secondary N) is 1. The Bertz CT molecular complexity index is 446. The summed E-state index contributed by atoms with van der Waals surface area (Å²) in [6, 6.07) is 4.71. The summed E-state index contributed by atoms with van der Waals surface area (Å²) in [5.74, 6) is 1.55. The zero-order valence-electron chi connectivity index (χ0n) is 12.4. The van der Waals surface area contributed by atoms with Crippen LogP contribution in [0.25, 0.3) is 0 Å². The second-order valence-electron chi connectivity index (χ2n) is 5.14. The van der Waals surface area contributed by atoms with Crippen LogP contribution in [0.4, 0.5) is 0 Å². The zero-order valence-corrected chi connectivity index (χ0v) is 14.0. The summed E-state index contributed by atoms with van der Waals surface area (Å²) >= 11 is 3.63. The Morgan fingerprint density at radius 3 is 2.35 bits per heavy atom. The second kappa shape index (κ2) is 7.29. The van der Waals surface area contributed by atoms with E-state index in [9.17, 15) is 0 Å². The van der Waals surface area contributed by atoms with Crippen LogP contribution in [-0.4, -0.2) is 45.3 Å². The van der Waals surface area contributed by atoms with Crippen molar-refractivity contribution in [3.63, 3.8) is 0 Å². The number of rotatable bonds is 5. The lowest BCUT2D eigenvalue weighted by Crippen LogP contribution is -2.40. The molecule has 4 nitrogen and oxygen atoms in total. The van der Waals surface area contributed by atoms with Gasteiger partial charge < -0.3 is 14.8 Å². The molecule has 0 aliphatic carbocycles. The second-order valence-corrected chi connectivity index (χ2v) is 5.99. The maximum Gasteiger partial charge on any atom is 0.161 e. The van der Waals surface area contributed by atoms with E-state index in [2.05, 4.69) is 32.2 Å². The minimum absolute atomic E-state index is 0.667. The fourth-order valence-electron chi connectivity index (χ4n) is 2.64. The highest BCUT2D eigenvalue weighted by molar-refractivity contribution is 9.10. The number of hydrogen-bond acceptors (Lipinski definition) is 4. The van der Waals surface area contributed by atoms with Gasteiger partial charge in [0.25, 0.3) is 0 Å². The lowest BCUT2D eigenvalue weighted by molar-refractivity contribution is 0.194. The highest BCUT2D eigenvalue weighted by Crippen LogP contribution is 2.34. The summed E-state index contributed by atoms with van der Waals surface area (Å²) in [7, 11) is 5.38. The fourth-order valence-corrected chi connectivity index (χ4v) is 3.09. The van der Waals surface area contributed by atoms with Crippen LogP contribution >= 0.6 is 15.9 Å². The highest BCUT2D eigenvalue weighted by atomic mass is 79.9. The summed E-state index contributed by atoms with van der Waals surface area (Å²) in [5.41, 5.74) is 1.24. The van der Waals surface area contributed by atoms with Crippen molar-refractivity contribution >= 4 is 15.9 Å². The van der Waals surface area contributed by atoms with Crippen molar-refractivity contribution in [3.8, 4) is 11.5 Å². The Morgan fingerprint density at radius 1 is 1.20 bits per heavy atom. The number of nitrogens with zero attached hydrogens (tertiary/aromatic N) is 1. The molecule has 0 aromatic heterocycles. The standard InChI is InChI=1S/C15H23BrN2O2/c1-17-12-4-6-18(7-5-12)10-11-8-14(19-2)15(20-3)9-13(11)16/h8-9,12,17H,4-7,10H2,1-3H3. The van der Waals surface area contributed by atoms with Gasteiger partial charge in [-0.3, -0.25) is 4.90 Å². The maximum absolute atomic E-state index is 5.38. The molecule has 0 amide bonds. The third-order valence-corrected chi connectivity index (χ3v) is 4.68. The van der Waals surface area contributed by atoms with Crippen molar-refractivity contribution in [2.24, 2.45) is 0 Å². The van der Waals surface area contributed by atoms with Gasteiger partial charge in [0.2, 0.25) is 0 Å². The molecule has 112 valence electrons. The molecule has 0 bridgehead atoms. The van der Waals surface area contributed by atoms with Crippen molar-refractivity contribution in [2.75, 3.05) is 34.4 Å². The Hall–Kier alpha value is -0.780. The molecule has 1 aromatic rings. The van der Waals surface area contributed by atoms with Crippen molar-refractivity contribution in [3.05, 3.63) is 22.2 Å². The normalized spacial score (nSPS) is 17.2. The molecule has 1 aliphatic rings. The smallest absolute Gasteiger partial charge is 0.161 e. The Kier molecular flexibility index (Phi) is 5.69. The minimum atomic E-state index is 0.667. The van der Waals surface area contributed by atoms with E-state index >= 15 is 0 Å². The molecule has 0 unspecified atom stereocenters. The van der Waals surface area contributed by atoms with Crippen LogP contribution in [0.2, 0.25) is 0 Å². The molecule has 0 atom stereocenters. The summed E-state index contributed by atoms with van der Waals surface area (Å²) in [4.78, 5) is 2.49. The highest BCUT2D eigenvalue weighted by Gasteiger charge is 2.19. The summed E-state index contributed by atoms with van der Waals surface area (Å²) in [6.07, 6.45) is 2.42. The van der Waals surface area contributed by atoms with Gasteiger partial charge in [0, 0.05) is 17.1 Å². The van der Waals surface area contributed by atoms with E-state index in [1.54, 1.807) is 14.2 Å². The third-order valence-electron chi connectivity index (χ3n) is 3.94. The third kappa shape index (κ3) is 3.65. The van der Waals surface area contributed by atoms with E-state index < -0.39 is 0 Å². The number of halogens is 1. The van der Waals surface area contributed by atoms with Crippen LogP contribution in [-0.2, 0) is 6.54 Å². The van der Waals surface area contributed by atoms with E-state index in [-0.39, 0.29) is 0 Å². The van der Waals surface area contributed by atoms with E-state index in [4.69, 9.17) is 9.47 Å². The van der Waals surface area contributed by atoms with Crippen LogP contribution in [0.1, 0.15) is 18.4 Å². The monoisotopic (exact) mass is 342 g/mol. The molecule has 1 heterocycles. The Labute approximate surface area is 129 Å². The van der Waals surface area contributed by atoms with Crippen molar-refractivity contribution < 1.29 is 9.47 Å². The first-order chi connectivity index (χ1) is 9.67. The Balaban J connectivity index is 2.06. The molecule has 2 rings (SSSR count). The average Bonchev–Trinajstić information content (AvgIpc) is 2.49. The lowest BCUT2D eigenvalue weighted by Gasteiger charge is -2.32. The molecule has 1 saturated heterocycles. The van der Waals surface area contributed by atoms with E-state index in [0.717, 1.165) is 35.6 Å². The predicted molar refractivity (Wildman–Crippen MR) is 84.6 cm³/mol. The SMILES string of the molecule is CNC1CCN(Cc2cc(OC)c(OC)cc2Br)CC1. The van der Waals surface area contributed by atoms with Crippen LogP contribution in [0.5, 0.6) is 11.5 Å². The van der Waals surface area contributed by atoms with Gasteiger partial charge in [0.05, 0.1) is 14.2 Å².